The zero-order valence-electron chi connectivity index (χ0n) is 16.8. The predicted molar refractivity (Wildman–Crippen MR) is 110 cm³/mol. The Morgan fingerprint density at radius 3 is 2.60 bits per heavy atom. The monoisotopic (exact) mass is 405 g/mol. The summed E-state index contributed by atoms with van der Waals surface area (Å²) in [5.74, 6) is 1.00. The standard InChI is InChI=1S/C22H23N5O3/c1-13(2)18(22-26-19(27-30-22)14-8-9-14)25-20(28)15-5-3-7-17(11-15)24-21(29)16-6-4-10-23-12-16/h3-7,10-14,18H,8-9H2,1-2H3,(H,24,29)(H,25,28). The number of pyridine rings is 1. The van der Waals surface area contributed by atoms with Crippen LogP contribution in [-0.2, 0) is 0 Å². The van der Waals surface area contributed by atoms with Crippen molar-refractivity contribution in [2.45, 2.75) is 38.6 Å². The largest absolute Gasteiger partial charge is 0.340 e. The first-order chi connectivity index (χ1) is 14.5. The fourth-order valence-corrected chi connectivity index (χ4v) is 3.06. The normalized spacial score (nSPS) is 14.4. The number of amides is 2. The van der Waals surface area contributed by atoms with Crippen LogP contribution in [0.4, 0.5) is 5.69 Å². The molecule has 154 valence electrons. The Labute approximate surface area is 174 Å². The third-order valence-electron chi connectivity index (χ3n) is 4.93. The molecule has 1 atom stereocenters. The molecular weight excluding hydrogens is 382 g/mol. The van der Waals surface area contributed by atoms with Gasteiger partial charge in [0.05, 0.1) is 5.56 Å². The molecule has 1 saturated carbocycles. The summed E-state index contributed by atoms with van der Waals surface area (Å²) in [7, 11) is 0. The van der Waals surface area contributed by atoms with Gasteiger partial charge in [0, 0.05) is 29.6 Å². The molecule has 8 nitrogen and oxygen atoms in total. The summed E-state index contributed by atoms with van der Waals surface area (Å²) in [6.45, 7) is 3.97. The van der Waals surface area contributed by atoms with E-state index in [0.29, 0.717) is 34.4 Å². The molecule has 2 N–H and O–H groups in total. The maximum absolute atomic E-state index is 12.9. The van der Waals surface area contributed by atoms with Gasteiger partial charge in [0.15, 0.2) is 5.82 Å². The van der Waals surface area contributed by atoms with Crippen molar-refractivity contribution in [1.82, 2.24) is 20.4 Å². The van der Waals surface area contributed by atoms with Crippen molar-refractivity contribution in [1.29, 1.82) is 0 Å². The van der Waals surface area contributed by atoms with Gasteiger partial charge in [-0.3, -0.25) is 14.6 Å². The molecule has 1 fully saturated rings. The van der Waals surface area contributed by atoms with E-state index in [2.05, 4.69) is 25.8 Å². The summed E-state index contributed by atoms with van der Waals surface area (Å²) >= 11 is 0. The summed E-state index contributed by atoms with van der Waals surface area (Å²) in [6.07, 6.45) is 5.24. The number of nitrogens with one attached hydrogen (secondary N) is 2. The minimum atomic E-state index is -0.397. The predicted octanol–water partition coefficient (Wildman–Crippen LogP) is 3.72. The third kappa shape index (κ3) is 4.53. The molecule has 3 aromatic rings. The minimum Gasteiger partial charge on any atom is -0.340 e. The van der Waals surface area contributed by atoms with E-state index in [0.717, 1.165) is 12.8 Å². The number of carbonyl (C=O) groups is 2. The van der Waals surface area contributed by atoms with E-state index in [1.807, 2.05) is 13.8 Å². The Kier molecular flexibility index (Phi) is 5.56. The molecule has 30 heavy (non-hydrogen) atoms. The van der Waals surface area contributed by atoms with Crippen LogP contribution in [0, 0.1) is 5.92 Å². The van der Waals surface area contributed by atoms with Gasteiger partial charge in [-0.1, -0.05) is 25.1 Å². The maximum Gasteiger partial charge on any atom is 0.257 e. The number of nitrogens with zero attached hydrogens (tertiary/aromatic N) is 3. The third-order valence-corrected chi connectivity index (χ3v) is 4.93. The molecule has 1 aromatic carbocycles. The molecule has 4 rings (SSSR count). The number of benzene rings is 1. The van der Waals surface area contributed by atoms with E-state index < -0.39 is 6.04 Å². The van der Waals surface area contributed by atoms with Crippen molar-refractivity contribution in [2.75, 3.05) is 5.32 Å². The zero-order chi connectivity index (χ0) is 21.1. The second kappa shape index (κ2) is 8.44. The molecule has 0 spiro atoms. The van der Waals surface area contributed by atoms with Crippen LogP contribution < -0.4 is 10.6 Å². The Bertz CT molecular complexity index is 1040. The first kappa shape index (κ1) is 19.8. The van der Waals surface area contributed by atoms with Crippen molar-refractivity contribution >= 4 is 17.5 Å². The van der Waals surface area contributed by atoms with Gasteiger partial charge in [-0.05, 0) is 49.1 Å². The molecule has 1 unspecified atom stereocenters. The zero-order valence-corrected chi connectivity index (χ0v) is 16.8. The number of rotatable bonds is 7. The number of hydrogen-bond acceptors (Lipinski definition) is 6. The fraction of sp³-hybridized carbons (Fsp3) is 0.318. The van der Waals surface area contributed by atoms with Gasteiger partial charge >= 0.3 is 0 Å². The maximum atomic E-state index is 12.9. The van der Waals surface area contributed by atoms with Gasteiger partial charge in [0.1, 0.15) is 6.04 Å². The van der Waals surface area contributed by atoms with Crippen molar-refractivity contribution < 1.29 is 14.1 Å². The SMILES string of the molecule is CC(C)C(NC(=O)c1cccc(NC(=O)c2cccnc2)c1)c1nc(C2CC2)no1. The summed E-state index contributed by atoms with van der Waals surface area (Å²) in [4.78, 5) is 33.6. The van der Waals surface area contributed by atoms with E-state index >= 15 is 0 Å². The summed E-state index contributed by atoms with van der Waals surface area (Å²) in [5, 5.41) is 9.81. The van der Waals surface area contributed by atoms with E-state index in [9.17, 15) is 9.59 Å². The molecule has 0 radical (unpaired) electrons. The highest BCUT2D eigenvalue weighted by Crippen LogP contribution is 2.38. The van der Waals surface area contributed by atoms with Crippen LogP contribution in [0.3, 0.4) is 0 Å². The lowest BCUT2D eigenvalue weighted by molar-refractivity contribution is 0.0913. The smallest absolute Gasteiger partial charge is 0.257 e. The van der Waals surface area contributed by atoms with Crippen LogP contribution in [0.15, 0.2) is 53.3 Å². The van der Waals surface area contributed by atoms with Gasteiger partial charge in [-0.25, -0.2) is 0 Å². The van der Waals surface area contributed by atoms with Crippen LogP contribution in [0.25, 0.3) is 0 Å². The van der Waals surface area contributed by atoms with Gasteiger partial charge in [-0.2, -0.15) is 4.98 Å². The van der Waals surface area contributed by atoms with Crippen LogP contribution in [0.5, 0.6) is 0 Å². The number of aromatic nitrogens is 3. The van der Waals surface area contributed by atoms with E-state index in [4.69, 9.17) is 4.52 Å². The van der Waals surface area contributed by atoms with E-state index in [-0.39, 0.29) is 17.7 Å². The molecule has 2 aromatic heterocycles. The lowest BCUT2D eigenvalue weighted by Crippen LogP contribution is -2.32. The molecular formula is C22H23N5O3. The molecule has 0 aliphatic heterocycles. The number of anilines is 1. The Balaban J connectivity index is 1.46. The topological polar surface area (TPSA) is 110 Å². The molecule has 0 saturated heterocycles. The fourth-order valence-electron chi connectivity index (χ4n) is 3.06. The summed E-state index contributed by atoms with van der Waals surface area (Å²) in [5.41, 5.74) is 1.38. The van der Waals surface area contributed by atoms with Crippen LogP contribution >= 0.6 is 0 Å². The van der Waals surface area contributed by atoms with E-state index in [1.54, 1.807) is 42.6 Å². The highest BCUT2D eigenvalue weighted by molar-refractivity contribution is 6.04. The quantitative estimate of drug-likeness (QED) is 0.620. The highest BCUT2D eigenvalue weighted by atomic mass is 16.5. The Morgan fingerprint density at radius 2 is 1.90 bits per heavy atom. The van der Waals surface area contributed by atoms with Crippen LogP contribution in [0.1, 0.15) is 71.1 Å². The first-order valence-electron chi connectivity index (χ1n) is 9.97. The molecule has 2 heterocycles. The van der Waals surface area contributed by atoms with Crippen LogP contribution in [0.2, 0.25) is 0 Å². The Morgan fingerprint density at radius 1 is 1.10 bits per heavy atom. The van der Waals surface area contributed by atoms with Gasteiger partial charge in [-0.15, -0.1) is 0 Å². The van der Waals surface area contributed by atoms with Gasteiger partial charge in [0.25, 0.3) is 11.8 Å². The van der Waals surface area contributed by atoms with Crippen LogP contribution in [-0.4, -0.2) is 26.9 Å². The molecule has 0 bridgehead atoms. The molecule has 1 aliphatic carbocycles. The molecule has 8 heteroatoms. The Hall–Kier alpha value is -3.55. The first-order valence-corrected chi connectivity index (χ1v) is 9.97. The number of hydrogen-bond donors (Lipinski definition) is 2. The average molecular weight is 405 g/mol. The lowest BCUT2D eigenvalue weighted by Gasteiger charge is -2.18. The molecule has 2 amide bonds. The second-order valence-electron chi connectivity index (χ2n) is 7.74. The summed E-state index contributed by atoms with van der Waals surface area (Å²) < 4.78 is 5.41. The minimum absolute atomic E-state index is 0.0647. The van der Waals surface area contributed by atoms with Crippen molar-refractivity contribution in [3.63, 3.8) is 0 Å². The van der Waals surface area contributed by atoms with Crippen molar-refractivity contribution in [3.8, 4) is 0 Å². The second-order valence-corrected chi connectivity index (χ2v) is 7.74. The lowest BCUT2D eigenvalue weighted by atomic mass is 10.0. The highest BCUT2D eigenvalue weighted by Gasteiger charge is 2.31. The average Bonchev–Trinajstić information content (AvgIpc) is 3.49. The van der Waals surface area contributed by atoms with Crippen molar-refractivity contribution in [3.05, 3.63) is 71.6 Å². The summed E-state index contributed by atoms with van der Waals surface area (Å²) in [6, 6.07) is 9.73. The van der Waals surface area contributed by atoms with E-state index in [1.165, 1.54) is 6.20 Å². The number of carbonyl (C=O) groups excluding carboxylic acids is 2. The molecule has 1 aliphatic rings. The van der Waals surface area contributed by atoms with Gasteiger partial charge in [0.2, 0.25) is 5.89 Å². The van der Waals surface area contributed by atoms with Crippen molar-refractivity contribution in [2.24, 2.45) is 5.92 Å². The van der Waals surface area contributed by atoms with Gasteiger partial charge < -0.3 is 15.2 Å².